The largest absolute Gasteiger partial charge is 0.478 e. The fourth-order valence-electron chi connectivity index (χ4n) is 1.21. The van der Waals surface area contributed by atoms with Crippen molar-refractivity contribution >= 4 is 16.0 Å². The maximum atomic E-state index is 10.6. The minimum Gasteiger partial charge on any atom is -0.478 e. The van der Waals surface area contributed by atoms with Gasteiger partial charge in [-0.1, -0.05) is 12.1 Å². The Kier molecular flexibility index (Phi) is 4.62. The summed E-state index contributed by atoms with van der Waals surface area (Å²) in [6, 6.07) is 6.35. The van der Waals surface area contributed by atoms with Crippen LogP contribution in [-0.4, -0.2) is 31.8 Å². The smallest absolute Gasteiger partial charge is 0.335 e. The van der Waals surface area contributed by atoms with E-state index in [4.69, 9.17) is 10.2 Å². The van der Waals surface area contributed by atoms with E-state index in [1.165, 1.54) is 12.1 Å². The Hall–Kier alpha value is -1.44. The average Bonchev–Trinajstić information content (AvgIpc) is 2.24. The number of primary sulfonamides is 1. The van der Waals surface area contributed by atoms with Crippen molar-refractivity contribution in [2.75, 3.05) is 12.3 Å². The first kappa shape index (κ1) is 13.6. The van der Waals surface area contributed by atoms with Crippen molar-refractivity contribution in [1.82, 2.24) is 5.32 Å². The van der Waals surface area contributed by atoms with Gasteiger partial charge in [0.1, 0.15) is 0 Å². The van der Waals surface area contributed by atoms with Crippen molar-refractivity contribution in [2.24, 2.45) is 5.14 Å². The van der Waals surface area contributed by atoms with Gasteiger partial charge in [0, 0.05) is 13.1 Å². The van der Waals surface area contributed by atoms with Gasteiger partial charge in [-0.15, -0.1) is 0 Å². The van der Waals surface area contributed by atoms with E-state index >= 15 is 0 Å². The summed E-state index contributed by atoms with van der Waals surface area (Å²) in [5.41, 5.74) is 1.10. The monoisotopic (exact) mass is 258 g/mol. The third kappa shape index (κ3) is 5.43. The molecule has 94 valence electrons. The lowest BCUT2D eigenvalue weighted by molar-refractivity contribution is 0.0697. The van der Waals surface area contributed by atoms with Gasteiger partial charge in [-0.05, 0) is 17.7 Å². The molecule has 0 aliphatic carbocycles. The van der Waals surface area contributed by atoms with E-state index in [0.717, 1.165) is 5.56 Å². The molecule has 4 N–H and O–H groups in total. The van der Waals surface area contributed by atoms with Gasteiger partial charge in [-0.25, -0.2) is 18.4 Å². The molecule has 0 heterocycles. The zero-order chi connectivity index (χ0) is 12.9. The number of hydrogen-bond acceptors (Lipinski definition) is 4. The number of carbonyl (C=O) groups is 1. The van der Waals surface area contributed by atoms with Gasteiger partial charge in [0.05, 0.1) is 11.3 Å². The molecule has 0 radical (unpaired) electrons. The molecule has 0 unspecified atom stereocenters. The number of nitrogens with one attached hydrogen (secondary N) is 1. The second-order valence-electron chi connectivity index (χ2n) is 3.55. The SMILES string of the molecule is NS(=O)(=O)CCNCc1ccc(C(=O)O)cc1. The Morgan fingerprint density at radius 2 is 1.88 bits per heavy atom. The highest BCUT2D eigenvalue weighted by molar-refractivity contribution is 7.89. The standard InChI is InChI=1S/C10H14N2O4S/c11-17(15,16)6-5-12-7-8-1-3-9(4-2-8)10(13)14/h1-4,12H,5-7H2,(H,13,14)(H2,11,15,16). The molecule has 0 aliphatic heterocycles. The Morgan fingerprint density at radius 3 is 2.35 bits per heavy atom. The average molecular weight is 258 g/mol. The summed E-state index contributed by atoms with van der Waals surface area (Å²) in [4.78, 5) is 10.6. The van der Waals surface area contributed by atoms with Crippen LogP contribution >= 0.6 is 0 Å². The van der Waals surface area contributed by atoms with E-state index in [0.29, 0.717) is 6.54 Å². The van der Waals surface area contributed by atoms with Crippen molar-refractivity contribution in [1.29, 1.82) is 0 Å². The molecule has 7 heteroatoms. The van der Waals surface area contributed by atoms with Gasteiger partial charge in [0.25, 0.3) is 0 Å². The van der Waals surface area contributed by atoms with Crippen LogP contribution in [0.15, 0.2) is 24.3 Å². The number of hydrogen-bond donors (Lipinski definition) is 3. The van der Waals surface area contributed by atoms with E-state index in [9.17, 15) is 13.2 Å². The molecule has 0 atom stereocenters. The normalized spacial score (nSPS) is 11.4. The minimum absolute atomic E-state index is 0.125. The number of rotatable bonds is 6. The second kappa shape index (κ2) is 5.76. The van der Waals surface area contributed by atoms with Gasteiger partial charge >= 0.3 is 5.97 Å². The lowest BCUT2D eigenvalue weighted by Crippen LogP contribution is -2.26. The molecular formula is C10H14N2O4S. The zero-order valence-corrected chi connectivity index (χ0v) is 9.90. The van der Waals surface area contributed by atoms with Crippen molar-refractivity contribution < 1.29 is 18.3 Å². The molecule has 0 saturated carbocycles. The van der Waals surface area contributed by atoms with Crippen LogP contribution in [0.5, 0.6) is 0 Å². The highest BCUT2D eigenvalue weighted by atomic mass is 32.2. The topological polar surface area (TPSA) is 109 Å². The van der Waals surface area contributed by atoms with Crippen LogP contribution in [0.4, 0.5) is 0 Å². The molecule has 0 spiro atoms. The van der Waals surface area contributed by atoms with Crippen LogP contribution in [0.2, 0.25) is 0 Å². The first-order valence-electron chi connectivity index (χ1n) is 4.92. The van der Waals surface area contributed by atoms with Crippen LogP contribution in [0.1, 0.15) is 15.9 Å². The van der Waals surface area contributed by atoms with Crippen molar-refractivity contribution in [3.63, 3.8) is 0 Å². The minimum atomic E-state index is -3.44. The van der Waals surface area contributed by atoms with Crippen LogP contribution in [0.3, 0.4) is 0 Å². The molecule has 6 nitrogen and oxygen atoms in total. The first-order valence-corrected chi connectivity index (χ1v) is 6.63. The van der Waals surface area contributed by atoms with E-state index in [2.05, 4.69) is 5.32 Å². The summed E-state index contributed by atoms with van der Waals surface area (Å²) >= 11 is 0. The highest BCUT2D eigenvalue weighted by Gasteiger charge is 2.03. The maximum Gasteiger partial charge on any atom is 0.335 e. The Labute approximate surface area is 99.5 Å². The summed E-state index contributed by atoms with van der Waals surface area (Å²) in [6.45, 7) is 0.731. The van der Waals surface area contributed by atoms with E-state index < -0.39 is 16.0 Å². The Morgan fingerprint density at radius 1 is 1.29 bits per heavy atom. The molecule has 0 bridgehead atoms. The maximum absolute atomic E-state index is 10.6. The van der Waals surface area contributed by atoms with Crippen LogP contribution in [-0.2, 0) is 16.6 Å². The summed E-state index contributed by atoms with van der Waals surface area (Å²) in [7, 11) is -3.44. The molecule has 0 saturated heterocycles. The third-order valence-electron chi connectivity index (χ3n) is 2.09. The summed E-state index contributed by atoms with van der Waals surface area (Å²) in [5, 5.41) is 16.4. The number of carboxylic acids is 1. The lowest BCUT2D eigenvalue weighted by atomic mass is 10.1. The van der Waals surface area contributed by atoms with Crippen molar-refractivity contribution in [3.05, 3.63) is 35.4 Å². The number of sulfonamides is 1. The van der Waals surface area contributed by atoms with Crippen molar-refractivity contribution in [2.45, 2.75) is 6.54 Å². The first-order chi connectivity index (χ1) is 7.88. The number of aromatic carboxylic acids is 1. The Balaban J connectivity index is 2.40. The second-order valence-corrected chi connectivity index (χ2v) is 5.28. The number of benzene rings is 1. The molecule has 1 aromatic rings. The fraction of sp³-hybridized carbons (Fsp3) is 0.300. The lowest BCUT2D eigenvalue weighted by Gasteiger charge is -2.04. The summed E-state index contributed by atoms with van der Waals surface area (Å²) in [5.74, 6) is -1.10. The van der Waals surface area contributed by atoms with E-state index in [1.54, 1.807) is 12.1 Å². The summed E-state index contributed by atoms with van der Waals surface area (Å²) < 4.78 is 21.3. The van der Waals surface area contributed by atoms with Crippen molar-refractivity contribution in [3.8, 4) is 0 Å². The molecule has 1 rings (SSSR count). The molecule has 17 heavy (non-hydrogen) atoms. The molecule has 0 aromatic heterocycles. The van der Waals surface area contributed by atoms with Gasteiger partial charge in [0.15, 0.2) is 0 Å². The fourth-order valence-corrected chi connectivity index (χ4v) is 1.64. The van der Waals surface area contributed by atoms with Gasteiger partial charge in [-0.3, -0.25) is 0 Å². The zero-order valence-electron chi connectivity index (χ0n) is 9.09. The molecule has 0 amide bonds. The number of carboxylic acid groups (broad SMARTS) is 1. The molecule has 1 aromatic carbocycles. The molecular weight excluding hydrogens is 244 g/mol. The molecule has 0 fully saturated rings. The molecule has 0 aliphatic rings. The van der Waals surface area contributed by atoms with E-state index in [1.807, 2.05) is 0 Å². The third-order valence-corrected chi connectivity index (χ3v) is 2.87. The van der Waals surface area contributed by atoms with E-state index in [-0.39, 0.29) is 17.9 Å². The van der Waals surface area contributed by atoms with Gasteiger partial charge in [0.2, 0.25) is 10.0 Å². The Bertz CT molecular complexity index is 482. The summed E-state index contributed by atoms with van der Waals surface area (Å²) in [6.07, 6.45) is 0. The van der Waals surface area contributed by atoms with Crippen LogP contribution in [0, 0.1) is 0 Å². The number of nitrogens with two attached hydrogens (primary N) is 1. The van der Waals surface area contributed by atoms with Gasteiger partial charge in [-0.2, -0.15) is 0 Å². The van der Waals surface area contributed by atoms with Crippen LogP contribution < -0.4 is 10.5 Å². The predicted octanol–water partition coefficient (Wildman–Crippen LogP) is -0.237. The van der Waals surface area contributed by atoms with Crippen LogP contribution in [0.25, 0.3) is 0 Å². The predicted molar refractivity (Wildman–Crippen MR) is 63.1 cm³/mol. The highest BCUT2D eigenvalue weighted by Crippen LogP contribution is 2.03. The quantitative estimate of drug-likeness (QED) is 0.610. The van der Waals surface area contributed by atoms with Gasteiger partial charge < -0.3 is 10.4 Å².